The molecule has 1 aliphatic carbocycles. The van der Waals surface area contributed by atoms with Gasteiger partial charge >= 0.3 is 0 Å². The van der Waals surface area contributed by atoms with Gasteiger partial charge in [-0.05, 0) is 37.7 Å². The lowest BCUT2D eigenvalue weighted by Crippen LogP contribution is -2.12. The van der Waals surface area contributed by atoms with Gasteiger partial charge in [0.1, 0.15) is 0 Å². The number of anilines is 1. The van der Waals surface area contributed by atoms with Crippen LogP contribution in [0.2, 0.25) is 0 Å². The molecule has 1 aromatic carbocycles. The summed E-state index contributed by atoms with van der Waals surface area (Å²) in [7, 11) is 0. The van der Waals surface area contributed by atoms with Crippen LogP contribution in [-0.2, 0) is 12.8 Å². The van der Waals surface area contributed by atoms with E-state index in [-0.39, 0.29) is 0 Å². The lowest BCUT2D eigenvalue weighted by atomic mass is 9.82. The molecule has 0 saturated carbocycles. The van der Waals surface area contributed by atoms with Crippen molar-refractivity contribution in [3.63, 3.8) is 0 Å². The normalized spacial score (nSPS) is 19.0. The summed E-state index contributed by atoms with van der Waals surface area (Å²) in [5, 5.41) is 4.00. The third-order valence-corrected chi connectivity index (χ3v) is 3.63. The zero-order valence-corrected chi connectivity index (χ0v) is 9.94. The van der Waals surface area contributed by atoms with Crippen LogP contribution < -0.4 is 5.73 Å². The molecule has 3 heteroatoms. The van der Waals surface area contributed by atoms with Crippen LogP contribution in [0.3, 0.4) is 0 Å². The zero-order chi connectivity index (χ0) is 11.8. The van der Waals surface area contributed by atoms with Crippen LogP contribution in [0.25, 0.3) is 0 Å². The van der Waals surface area contributed by atoms with Crippen molar-refractivity contribution in [2.75, 3.05) is 5.73 Å². The topological polar surface area (TPSA) is 52.0 Å². The van der Waals surface area contributed by atoms with E-state index in [0.717, 1.165) is 30.5 Å². The Hall–Kier alpha value is -1.77. The number of nitrogen functional groups attached to an aromatic ring is 1. The third kappa shape index (κ3) is 1.82. The molecule has 2 aromatic rings. The maximum absolute atomic E-state index is 5.80. The minimum absolute atomic E-state index is 0.497. The Balaban J connectivity index is 1.88. The van der Waals surface area contributed by atoms with Gasteiger partial charge in [0, 0.05) is 5.56 Å². The van der Waals surface area contributed by atoms with E-state index in [1.807, 2.05) is 0 Å². The average molecular weight is 228 g/mol. The van der Waals surface area contributed by atoms with Crippen molar-refractivity contribution in [3.05, 3.63) is 46.6 Å². The van der Waals surface area contributed by atoms with Crippen molar-refractivity contribution < 1.29 is 4.52 Å². The van der Waals surface area contributed by atoms with Crippen LogP contribution in [0.5, 0.6) is 0 Å². The summed E-state index contributed by atoms with van der Waals surface area (Å²) < 4.78 is 5.05. The van der Waals surface area contributed by atoms with E-state index in [9.17, 15) is 0 Å². The number of hydrogen-bond acceptors (Lipinski definition) is 3. The van der Waals surface area contributed by atoms with E-state index >= 15 is 0 Å². The molecule has 0 bridgehead atoms. The van der Waals surface area contributed by atoms with Crippen LogP contribution in [0.15, 0.2) is 28.8 Å². The number of rotatable bonds is 1. The maximum Gasteiger partial charge on any atom is 0.225 e. The number of benzene rings is 1. The fourth-order valence-electron chi connectivity index (χ4n) is 2.55. The molecular formula is C14H16N2O. The second-order valence-corrected chi connectivity index (χ2v) is 4.82. The highest BCUT2D eigenvalue weighted by Crippen LogP contribution is 2.34. The van der Waals surface area contributed by atoms with E-state index < -0.39 is 0 Å². The molecule has 3 nitrogen and oxygen atoms in total. The third-order valence-electron chi connectivity index (χ3n) is 3.63. The van der Waals surface area contributed by atoms with Gasteiger partial charge in [-0.2, -0.15) is 0 Å². The lowest BCUT2D eigenvalue weighted by Gasteiger charge is -2.21. The fraction of sp³-hybridized carbons (Fsp3) is 0.357. The first-order chi connectivity index (χ1) is 8.24. The van der Waals surface area contributed by atoms with Crippen LogP contribution >= 0.6 is 0 Å². The Bertz CT molecular complexity index is 528. The summed E-state index contributed by atoms with van der Waals surface area (Å²) in [5.41, 5.74) is 10.6. The van der Waals surface area contributed by atoms with Gasteiger partial charge in [0.25, 0.3) is 0 Å². The van der Waals surface area contributed by atoms with Gasteiger partial charge in [0.05, 0.1) is 5.69 Å². The van der Waals surface area contributed by atoms with Crippen molar-refractivity contribution in [3.8, 4) is 0 Å². The molecule has 1 aliphatic rings. The second-order valence-electron chi connectivity index (χ2n) is 4.82. The summed E-state index contributed by atoms with van der Waals surface area (Å²) in [5.74, 6) is 1.04. The first-order valence-electron chi connectivity index (χ1n) is 6.03. The van der Waals surface area contributed by atoms with Crippen molar-refractivity contribution in [2.45, 2.75) is 32.1 Å². The number of nitrogens with zero attached hydrogens (tertiary/aromatic N) is 1. The molecule has 2 N–H and O–H groups in total. The lowest BCUT2D eigenvalue weighted by molar-refractivity contribution is 0.426. The molecular weight excluding hydrogens is 212 g/mol. The van der Waals surface area contributed by atoms with Crippen molar-refractivity contribution in [2.24, 2.45) is 0 Å². The molecule has 1 unspecified atom stereocenters. The fourth-order valence-corrected chi connectivity index (χ4v) is 2.55. The smallest absolute Gasteiger partial charge is 0.225 e. The SMILES string of the molecule is Cc1ccc(C2CCc3noc(N)c3C2)cc1. The van der Waals surface area contributed by atoms with E-state index in [1.165, 1.54) is 11.1 Å². The summed E-state index contributed by atoms with van der Waals surface area (Å²) in [4.78, 5) is 0. The predicted octanol–water partition coefficient (Wildman–Crippen LogP) is 2.84. The Morgan fingerprint density at radius 2 is 2.06 bits per heavy atom. The summed E-state index contributed by atoms with van der Waals surface area (Å²) in [6, 6.07) is 8.77. The Morgan fingerprint density at radius 1 is 1.29 bits per heavy atom. The molecule has 0 spiro atoms. The van der Waals surface area contributed by atoms with Crippen molar-refractivity contribution in [1.29, 1.82) is 0 Å². The molecule has 17 heavy (non-hydrogen) atoms. The monoisotopic (exact) mass is 228 g/mol. The highest BCUT2D eigenvalue weighted by molar-refractivity contribution is 5.42. The molecule has 3 rings (SSSR count). The zero-order valence-electron chi connectivity index (χ0n) is 9.94. The van der Waals surface area contributed by atoms with Gasteiger partial charge < -0.3 is 10.3 Å². The second kappa shape index (κ2) is 3.91. The van der Waals surface area contributed by atoms with Gasteiger partial charge in [-0.1, -0.05) is 35.0 Å². The standard InChI is InChI=1S/C14H16N2O/c1-9-2-4-10(5-3-9)11-6-7-13-12(8-11)14(15)17-16-13/h2-5,11H,6-8,15H2,1H3. The molecule has 0 aliphatic heterocycles. The van der Waals surface area contributed by atoms with Crippen molar-refractivity contribution >= 4 is 5.88 Å². The summed E-state index contributed by atoms with van der Waals surface area (Å²) >= 11 is 0. The van der Waals surface area contributed by atoms with Crippen LogP contribution in [-0.4, -0.2) is 5.16 Å². The molecule has 1 aromatic heterocycles. The number of aromatic nitrogens is 1. The minimum atomic E-state index is 0.497. The maximum atomic E-state index is 5.80. The molecule has 1 heterocycles. The molecule has 88 valence electrons. The summed E-state index contributed by atoms with van der Waals surface area (Å²) in [6.07, 6.45) is 3.05. The minimum Gasteiger partial charge on any atom is -0.367 e. The van der Waals surface area contributed by atoms with Gasteiger partial charge in [-0.25, -0.2) is 0 Å². The van der Waals surface area contributed by atoms with Gasteiger partial charge in [0.15, 0.2) is 0 Å². The first kappa shape index (κ1) is 10.4. The highest BCUT2D eigenvalue weighted by Gasteiger charge is 2.25. The number of fused-ring (bicyclic) bond motifs is 1. The molecule has 0 radical (unpaired) electrons. The molecule has 0 saturated heterocycles. The average Bonchev–Trinajstić information content (AvgIpc) is 2.72. The molecule has 1 atom stereocenters. The summed E-state index contributed by atoms with van der Waals surface area (Å²) in [6.45, 7) is 2.11. The number of hydrogen-bond donors (Lipinski definition) is 1. The van der Waals surface area contributed by atoms with Gasteiger partial charge in [-0.3, -0.25) is 0 Å². The first-order valence-corrected chi connectivity index (χ1v) is 6.03. The van der Waals surface area contributed by atoms with Crippen LogP contribution in [0.4, 0.5) is 5.88 Å². The van der Waals surface area contributed by atoms with E-state index in [4.69, 9.17) is 10.3 Å². The van der Waals surface area contributed by atoms with E-state index in [2.05, 4.69) is 36.3 Å². The highest BCUT2D eigenvalue weighted by atomic mass is 16.5. The van der Waals surface area contributed by atoms with Crippen LogP contribution in [0.1, 0.15) is 34.7 Å². The number of nitrogens with two attached hydrogens (primary N) is 1. The van der Waals surface area contributed by atoms with Gasteiger partial charge in [-0.15, -0.1) is 0 Å². The van der Waals surface area contributed by atoms with Crippen LogP contribution in [0, 0.1) is 6.92 Å². The predicted molar refractivity (Wildman–Crippen MR) is 66.9 cm³/mol. The Morgan fingerprint density at radius 3 is 2.82 bits per heavy atom. The van der Waals surface area contributed by atoms with E-state index in [0.29, 0.717) is 11.8 Å². The Kier molecular flexibility index (Phi) is 2.39. The van der Waals surface area contributed by atoms with Gasteiger partial charge in [0.2, 0.25) is 5.88 Å². The quantitative estimate of drug-likeness (QED) is 0.816. The molecule has 0 fully saturated rings. The number of aryl methyl sites for hydroxylation is 2. The van der Waals surface area contributed by atoms with E-state index in [1.54, 1.807) is 0 Å². The Labute approximate surface area is 101 Å². The molecule has 0 amide bonds. The largest absolute Gasteiger partial charge is 0.367 e. The van der Waals surface area contributed by atoms with Crippen molar-refractivity contribution in [1.82, 2.24) is 5.16 Å².